The molecule has 0 aromatic carbocycles. The van der Waals surface area contributed by atoms with E-state index in [1.54, 1.807) is 0 Å². The third kappa shape index (κ3) is 3.20. The van der Waals surface area contributed by atoms with E-state index >= 15 is 0 Å². The molecule has 2 rings (SSSR count). The van der Waals surface area contributed by atoms with Gasteiger partial charge >= 0.3 is 0 Å². The van der Waals surface area contributed by atoms with E-state index in [-0.39, 0.29) is 0 Å². The predicted molar refractivity (Wildman–Crippen MR) is 68.3 cm³/mol. The topological polar surface area (TPSA) is 76.3 Å². The monoisotopic (exact) mass is 237 g/mol. The molecule has 94 valence electrons. The van der Waals surface area contributed by atoms with E-state index in [0.717, 1.165) is 50.9 Å². The lowest BCUT2D eigenvalue weighted by atomic mass is 10.4. The fourth-order valence-electron chi connectivity index (χ4n) is 1.86. The van der Waals surface area contributed by atoms with E-state index in [2.05, 4.69) is 20.2 Å². The fraction of sp³-hybridized carbons (Fsp3) is 0.636. The van der Waals surface area contributed by atoms with Crippen LogP contribution in [0.15, 0.2) is 6.07 Å². The lowest BCUT2D eigenvalue weighted by Gasteiger charge is -2.21. The first kappa shape index (κ1) is 11.9. The van der Waals surface area contributed by atoms with Crippen molar-refractivity contribution in [2.75, 3.05) is 48.8 Å². The molecule has 0 amide bonds. The highest BCUT2D eigenvalue weighted by atomic mass is 16.5. The molecule has 0 saturated carbocycles. The minimum atomic E-state index is 0.309. The first-order valence-electron chi connectivity index (χ1n) is 6.00. The highest BCUT2D eigenvalue weighted by molar-refractivity contribution is 5.52. The lowest BCUT2D eigenvalue weighted by Crippen LogP contribution is -2.27. The average molecular weight is 237 g/mol. The Balaban J connectivity index is 2.17. The molecule has 0 atom stereocenters. The second-order valence-corrected chi connectivity index (χ2v) is 3.95. The Morgan fingerprint density at radius 1 is 1.41 bits per heavy atom. The van der Waals surface area contributed by atoms with Crippen molar-refractivity contribution in [2.45, 2.75) is 13.3 Å². The van der Waals surface area contributed by atoms with Crippen molar-refractivity contribution in [2.24, 2.45) is 0 Å². The van der Waals surface area contributed by atoms with Crippen LogP contribution >= 0.6 is 0 Å². The maximum atomic E-state index is 5.72. The van der Waals surface area contributed by atoms with Gasteiger partial charge in [-0.25, -0.2) is 0 Å². The van der Waals surface area contributed by atoms with Crippen LogP contribution in [0, 0.1) is 0 Å². The van der Waals surface area contributed by atoms with Crippen LogP contribution in [-0.4, -0.2) is 42.8 Å². The molecule has 2 heterocycles. The molecule has 1 aromatic heterocycles. The van der Waals surface area contributed by atoms with Gasteiger partial charge in [0.2, 0.25) is 5.95 Å². The molecular formula is C11H19N5O. The Morgan fingerprint density at radius 2 is 2.29 bits per heavy atom. The van der Waals surface area contributed by atoms with Crippen molar-refractivity contribution in [3.05, 3.63) is 6.07 Å². The first-order chi connectivity index (χ1) is 8.29. The molecular weight excluding hydrogens is 218 g/mol. The van der Waals surface area contributed by atoms with Crippen molar-refractivity contribution in [3.63, 3.8) is 0 Å². The summed E-state index contributed by atoms with van der Waals surface area (Å²) in [4.78, 5) is 10.6. The second kappa shape index (κ2) is 5.67. The van der Waals surface area contributed by atoms with Crippen LogP contribution in [-0.2, 0) is 4.74 Å². The number of rotatable bonds is 3. The van der Waals surface area contributed by atoms with Gasteiger partial charge in [-0.3, -0.25) is 0 Å². The van der Waals surface area contributed by atoms with E-state index < -0.39 is 0 Å². The van der Waals surface area contributed by atoms with Gasteiger partial charge in [0, 0.05) is 32.3 Å². The summed E-state index contributed by atoms with van der Waals surface area (Å²) in [5.74, 6) is 1.96. The number of nitrogen functional groups attached to an aromatic ring is 1. The van der Waals surface area contributed by atoms with Gasteiger partial charge in [-0.2, -0.15) is 9.97 Å². The van der Waals surface area contributed by atoms with Crippen LogP contribution < -0.4 is 16.0 Å². The molecule has 1 saturated heterocycles. The molecule has 0 spiro atoms. The van der Waals surface area contributed by atoms with Gasteiger partial charge in [0.1, 0.15) is 11.6 Å². The van der Waals surface area contributed by atoms with Gasteiger partial charge in [0.25, 0.3) is 0 Å². The maximum Gasteiger partial charge on any atom is 0.223 e. The van der Waals surface area contributed by atoms with Crippen LogP contribution in [0.25, 0.3) is 0 Å². The zero-order valence-electron chi connectivity index (χ0n) is 10.1. The van der Waals surface area contributed by atoms with Crippen LogP contribution in [0.4, 0.5) is 17.6 Å². The molecule has 17 heavy (non-hydrogen) atoms. The Hall–Kier alpha value is -1.56. The predicted octanol–water partition coefficient (Wildman–Crippen LogP) is 0.717. The molecule has 1 aromatic rings. The van der Waals surface area contributed by atoms with Crippen molar-refractivity contribution >= 4 is 17.6 Å². The smallest absolute Gasteiger partial charge is 0.223 e. The van der Waals surface area contributed by atoms with Gasteiger partial charge in [-0.15, -0.1) is 0 Å². The SMILES string of the molecule is CCNc1cc(N2CCCOCC2)nc(N)n1. The number of ether oxygens (including phenoxy) is 1. The van der Waals surface area contributed by atoms with Gasteiger partial charge < -0.3 is 20.7 Å². The summed E-state index contributed by atoms with van der Waals surface area (Å²) in [6.45, 7) is 6.19. The van der Waals surface area contributed by atoms with E-state index in [4.69, 9.17) is 10.5 Å². The molecule has 0 bridgehead atoms. The van der Waals surface area contributed by atoms with E-state index in [9.17, 15) is 0 Å². The molecule has 0 aliphatic carbocycles. The number of nitrogens with two attached hydrogens (primary N) is 1. The Kier molecular flexibility index (Phi) is 3.98. The molecule has 1 aliphatic heterocycles. The molecule has 0 radical (unpaired) electrons. The number of hydrogen-bond donors (Lipinski definition) is 2. The highest BCUT2D eigenvalue weighted by Crippen LogP contribution is 2.18. The summed E-state index contributed by atoms with van der Waals surface area (Å²) in [7, 11) is 0. The summed E-state index contributed by atoms with van der Waals surface area (Å²) in [6, 6.07) is 1.94. The number of nitrogens with one attached hydrogen (secondary N) is 1. The zero-order valence-corrected chi connectivity index (χ0v) is 10.1. The average Bonchev–Trinajstić information content (AvgIpc) is 2.57. The quantitative estimate of drug-likeness (QED) is 0.806. The normalized spacial score (nSPS) is 16.6. The molecule has 0 unspecified atom stereocenters. The van der Waals surface area contributed by atoms with Gasteiger partial charge in [0.05, 0.1) is 6.61 Å². The van der Waals surface area contributed by atoms with Crippen LogP contribution in [0.1, 0.15) is 13.3 Å². The maximum absolute atomic E-state index is 5.72. The van der Waals surface area contributed by atoms with Crippen molar-refractivity contribution < 1.29 is 4.74 Å². The largest absolute Gasteiger partial charge is 0.380 e. The number of nitrogens with zero attached hydrogens (tertiary/aromatic N) is 3. The van der Waals surface area contributed by atoms with Crippen molar-refractivity contribution in [1.29, 1.82) is 0 Å². The summed E-state index contributed by atoms with van der Waals surface area (Å²) in [5.41, 5.74) is 5.72. The Labute approximate surface area is 101 Å². The van der Waals surface area contributed by atoms with Gasteiger partial charge in [-0.05, 0) is 13.3 Å². The standard InChI is InChI=1S/C11H19N5O/c1-2-13-9-8-10(15-11(12)14-9)16-4-3-6-17-7-5-16/h8H,2-7H2,1H3,(H3,12,13,14,15). The summed E-state index contributed by atoms with van der Waals surface area (Å²) in [6.07, 6.45) is 1.01. The number of aromatic nitrogens is 2. The van der Waals surface area contributed by atoms with Crippen LogP contribution in [0.2, 0.25) is 0 Å². The number of anilines is 3. The third-order valence-corrected chi connectivity index (χ3v) is 2.63. The third-order valence-electron chi connectivity index (χ3n) is 2.63. The fourth-order valence-corrected chi connectivity index (χ4v) is 1.86. The summed E-state index contributed by atoms with van der Waals surface area (Å²) < 4.78 is 5.42. The molecule has 6 nitrogen and oxygen atoms in total. The van der Waals surface area contributed by atoms with Crippen LogP contribution in [0.5, 0.6) is 0 Å². The Morgan fingerprint density at radius 3 is 3.12 bits per heavy atom. The zero-order chi connectivity index (χ0) is 12.1. The van der Waals surface area contributed by atoms with Crippen LogP contribution in [0.3, 0.4) is 0 Å². The molecule has 3 N–H and O–H groups in total. The van der Waals surface area contributed by atoms with Gasteiger partial charge in [0.15, 0.2) is 0 Å². The minimum Gasteiger partial charge on any atom is -0.380 e. The summed E-state index contributed by atoms with van der Waals surface area (Å²) in [5, 5.41) is 3.15. The van der Waals surface area contributed by atoms with Gasteiger partial charge in [-0.1, -0.05) is 0 Å². The lowest BCUT2D eigenvalue weighted by molar-refractivity contribution is 0.152. The Bertz CT molecular complexity index is 363. The summed E-state index contributed by atoms with van der Waals surface area (Å²) >= 11 is 0. The molecule has 1 aliphatic rings. The minimum absolute atomic E-state index is 0.309. The number of hydrogen-bond acceptors (Lipinski definition) is 6. The van der Waals surface area contributed by atoms with Crippen molar-refractivity contribution in [3.8, 4) is 0 Å². The van der Waals surface area contributed by atoms with Crippen molar-refractivity contribution in [1.82, 2.24) is 9.97 Å². The van der Waals surface area contributed by atoms with E-state index in [1.165, 1.54) is 0 Å². The highest BCUT2D eigenvalue weighted by Gasteiger charge is 2.13. The molecule has 1 fully saturated rings. The van der Waals surface area contributed by atoms with E-state index in [0.29, 0.717) is 5.95 Å². The first-order valence-corrected chi connectivity index (χ1v) is 6.00. The second-order valence-electron chi connectivity index (χ2n) is 3.95. The van der Waals surface area contributed by atoms with E-state index in [1.807, 2.05) is 13.0 Å². The molecule has 6 heteroatoms.